The van der Waals surface area contributed by atoms with Crippen LogP contribution in [-0.2, 0) is 10.0 Å². The summed E-state index contributed by atoms with van der Waals surface area (Å²) in [5.74, 6) is -1.80. The number of aliphatic hydroxyl groups excluding tert-OH is 1. The van der Waals surface area contributed by atoms with Gasteiger partial charge in [-0.05, 0) is 22.4 Å². The third-order valence-corrected chi connectivity index (χ3v) is 5.23. The molecule has 9 heteroatoms. The fourth-order valence-electron chi connectivity index (χ4n) is 1.47. The summed E-state index contributed by atoms with van der Waals surface area (Å²) in [4.78, 5) is 10.5. The molecule has 7 nitrogen and oxygen atoms in total. The Morgan fingerprint density at radius 2 is 2.16 bits per heavy atom. The topological polar surface area (TPSA) is 108 Å². The van der Waals surface area contributed by atoms with Crippen molar-refractivity contribution in [2.45, 2.75) is 18.2 Å². The average molecular weight is 356 g/mol. The van der Waals surface area contributed by atoms with Crippen molar-refractivity contribution < 1.29 is 27.8 Å². The highest BCUT2D eigenvalue weighted by Crippen LogP contribution is 2.28. The van der Waals surface area contributed by atoms with Gasteiger partial charge in [0.25, 0.3) is 0 Å². The fraction of sp³-hybridized carbons (Fsp3) is 0.500. The second-order valence-electron chi connectivity index (χ2n) is 3.63. The Labute approximate surface area is 119 Å². The minimum Gasteiger partial charge on any atom is -0.475 e. The van der Waals surface area contributed by atoms with Crippen molar-refractivity contribution in [3.8, 4) is 0 Å². The predicted octanol–water partition coefficient (Wildman–Crippen LogP) is 1.13. The summed E-state index contributed by atoms with van der Waals surface area (Å²) in [5, 5.41) is 17.5. The third-order valence-electron chi connectivity index (χ3n) is 2.40. The first kappa shape index (κ1) is 16.2. The Hall–Kier alpha value is -0.900. The molecule has 0 unspecified atom stereocenters. The summed E-state index contributed by atoms with van der Waals surface area (Å²) >= 11 is 2.90. The number of carboxylic acids is 1. The molecule has 19 heavy (non-hydrogen) atoms. The van der Waals surface area contributed by atoms with Crippen LogP contribution >= 0.6 is 15.9 Å². The molecule has 2 N–H and O–H groups in total. The zero-order valence-corrected chi connectivity index (χ0v) is 12.6. The molecule has 0 aliphatic rings. The van der Waals surface area contributed by atoms with Gasteiger partial charge in [0.15, 0.2) is 4.67 Å². The Morgan fingerprint density at radius 1 is 1.53 bits per heavy atom. The van der Waals surface area contributed by atoms with Gasteiger partial charge in [-0.1, -0.05) is 6.92 Å². The minimum atomic E-state index is -3.85. The first-order chi connectivity index (χ1) is 8.84. The number of halogens is 1. The van der Waals surface area contributed by atoms with Gasteiger partial charge in [-0.3, -0.25) is 0 Å². The molecule has 0 spiro atoms. The highest BCUT2D eigenvalue weighted by molar-refractivity contribution is 9.10. The van der Waals surface area contributed by atoms with E-state index >= 15 is 0 Å². The lowest BCUT2D eigenvalue weighted by atomic mass is 10.4. The van der Waals surface area contributed by atoms with Crippen molar-refractivity contribution >= 4 is 31.9 Å². The number of hydrogen-bond acceptors (Lipinski definition) is 5. The number of hydrogen-bond donors (Lipinski definition) is 2. The van der Waals surface area contributed by atoms with Crippen molar-refractivity contribution in [2.24, 2.45) is 0 Å². The van der Waals surface area contributed by atoms with Crippen LogP contribution in [0.5, 0.6) is 0 Å². The molecular formula is C10H14BrNO6S. The van der Waals surface area contributed by atoms with E-state index in [1.54, 1.807) is 6.92 Å². The van der Waals surface area contributed by atoms with Gasteiger partial charge in [0.05, 0.1) is 0 Å². The number of nitrogens with zero attached hydrogens (tertiary/aromatic N) is 1. The summed E-state index contributed by atoms with van der Waals surface area (Å²) < 4.78 is 30.4. The van der Waals surface area contributed by atoms with Crippen molar-refractivity contribution in [1.29, 1.82) is 0 Å². The van der Waals surface area contributed by atoms with Crippen LogP contribution < -0.4 is 0 Å². The van der Waals surface area contributed by atoms with E-state index in [1.807, 2.05) is 0 Å². The molecule has 0 fully saturated rings. The van der Waals surface area contributed by atoms with E-state index in [2.05, 4.69) is 15.9 Å². The van der Waals surface area contributed by atoms with Crippen molar-refractivity contribution in [3.05, 3.63) is 16.5 Å². The van der Waals surface area contributed by atoms with E-state index in [0.29, 0.717) is 6.42 Å². The van der Waals surface area contributed by atoms with Crippen LogP contribution in [-0.4, -0.2) is 48.6 Å². The second kappa shape index (κ2) is 6.51. The Bertz CT molecular complexity index is 552. The van der Waals surface area contributed by atoms with E-state index in [1.165, 1.54) is 0 Å². The zero-order chi connectivity index (χ0) is 14.6. The predicted molar refractivity (Wildman–Crippen MR) is 69.5 cm³/mol. The molecule has 1 aromatic heterocycles. The number of sulfonamides is 1. The molecule has 0 aliphatic carbocycles. The average Bonchev–Trinajstić information content (AvgIpc) is 2.73. The van der Waals surface area contributed by atoms with E-state index in [-0.39, 0.29) is 29.3 Å². The van der Waals surface area contributed by atoms with Crippen molar-refractivity contribution in [1.82, 2.24) is 4.31 Å². The van der Waals surface area contributed by atoms with Gasteiger partial charge in [0, 0.05) is 25.8 Å². The molecule has 1 heterocycles. The zero-order valence-electron chi connectivity index (χ0n) is 10.2. The molecular weight excluding hydrogens is 342 g/mol. The van der Waals surface area contributed by atoms with E-state index in [9.17, 15) is 13.2 Å². The van der Waals surface area contributed by atoms with E-state index in [0.717, 1.165) is 10.4 Å². The number of furan rings is 1. The van der Waals surface area contributed by atoms with Crippen LogP contribution in [0.25, 0.3) is 0 Å². The van der Waals surface area contributed by atoms with Crippen LogP contribution in [0.1, 0.15) is 23.9 Å². The second-order valence-corrected chi connectivity index (χ2v) is 6.25. The van der Waals surface area contributed by atoms with Crippen LogP contribution in [0.4, 0.5) is 0 Å². The quantitative estimate of drug-likeness (QED) is 0.758. The monoisotopic (exact) mass is 355 g/mol. The molecule has 1 aromatic rings. The minimum absolute atomic E-state index is 0.126. The highest BCUT2D eigenvalue weighted by Gasteiger charge is 2.29. The molecule has 1 rings (SSSR count). The fourth-order valence-corrected chi connectivity index (χ4v) is 3.86. The van der Waals surface area contributed by atoms with Gasteiger partial charge in [0.1, 0.15) is 4.90 Å². The van der Waals surface area contributed by atoms with Crippen LogP contribution in [0.15, 0.2) is 20.0 Å². The standard InChI is InChI=1S/C10H14BrNO6S/c1-2-12(4-3-5-13)19(16,17)8-6-7(10(14)15)18-9(8)11/h6,13H,2-5H2,1H3,(H,14,15). The molecule has 0 atom stereocenters. The summed E-state index contributed by atoms with van der Waals surface area (Å²) in [5.41, 5.74) is 0. The lowest BCUT2D eigenvalue weighted by Gasteiger charge is -2.19. The van der Waals surface area contributed by atoms with Gasteiger partial charge in [-0.2, -0.15) is 4.31 Å². The molecule has 0 amide bonds. The van der Waals surface area contributed by atoms with Gasteiger partial charge in [-0.15, -0.1) is 0 Å². The summed E-state index contributed by atoms with van der Waals surface area (Å²) in [6.45, 7) is 1.89. The van der Waals surface area contributed by atoms with E-state index < -0.39 is 21.8 Å². The van der Waals surface area contributed by atoms with Gasteiger partial charge in [-0.25, -0.2) is 13.2 Å². The maximum absolute atomic E-state index is 12.3. The largest absolute Gasteiger partial charge is 0.475 e. The summed E-state index contributed by atoms with van der Waals surface area (Å²) in [6.07, 6.45) is 0.300. The smallest absolute Gasteiger partial charge is 0.371 e. The first-order valence-electron chi connectivity index (χ1n) is 5.48. The highest BCUT2D eigenvalue weighted by atomic mass is 79.9. The van der Waals surface area contributed by atoms with Crippen molar-refractivity contribution in [2.75, 3.05) is 19.7 Å². The van der Waals surface area contributed by atoms with Gasteiger partial charge >= 0.3 is 5.97 Å². The molecule has 108 valence electrons. The van der Waals surface area contributed by atoms with Gasteiger partial charge < -0.3 is 14.6 Å². The molecule has 0 saturated carbocycles. The number of carboxylic acid groups (broad SMARTS) is 1. The number of aliphatic hydroxyl groups is 1. The third kappa shape index (κ3) is 3.56. The van der Waals surface area contributed by atoms with Crippen molar-refractivity contribution in [3.63, 3.8) is 0 Å². The molecule has 0 bridgehead atoms. The normalized spacial score (nSPS) is 12.0. The number of carbonyl (C=O) groups is 1. The van der Waals surface area contributed by atoms with Crippen LogP contribution in [0.2, 0.25) is 0 Å². The lowest BCUT2D eigenvalue weighted by Crippen LogP contribution is -2.32. The number of aromatic carboxylic acids is 1. The van der Waals surface area contributed by atoms with Gasteiger partial charge in [0.2, 0.25) is 15.8 Å². The molecule has 0 saturated heterocycles. The van der Waals surface area contributed by atoms with E-state index in [4.69, 9.17) is 14.6 Å². The summed E-state index contributed by atoms with van der Waals surface area (Å²) in [7, 11) is -3.85. The Kier molecular flexibility index (Phi) is 5.53. The van der Waals surface area contributed by atoms with Crippen LogP contribution in [0.3, 0.4) is 0 Å². The number of rotatable bonds is 7. The Balaban J connectivity index is 3.14. The lowest BCUT2D eigenvalue weighted by molar-refractivity contribution is 0.0661. The summed E-state index contributed by atoms with van der Waals surface area (Å²) in [6, 6.07) is 0.962. The molecule has 0 aliphatic heterocycles. The maximum Gasteiger partial charge on any atom is 0.371 e. The Morgan fingerprint density at radius 3 is 2.58 bits per heavy atom. The van der Waals surface area contributed by atoms with Crippen LogP contribution in [0, 0.1) is 0 Å². The SMILES string of the molecule is CCN(CCCO)S(=O)(=O)c1cc(C(=O)O)oc1Br. The molecule has 0 aromatic carbocycles. The first-order valence-corrected chi connectivity index (χ1v) is 7.71. The maximum atomic E-state index is 12.3. The molecule has 0 radical (unpaired) electrons.